The largest absolute Gasteiger partial charge is 0.454 e. The first-order valence-corrected chi connectivity index (χ1v) is 11.9. The third-order valence-corrected chi connectivity index (χ3v) is 8.43. The highest BCUT2D eigenvalue weighted by Gasteiger charge is 2.48. The number of carbonyl (C=O) groups excluding carboxylic acids is 1. The van der Waals surface area contributed by atoms with Crippen LogP contribution in [0, 0.1) is 0 Å². The maximum absolute atomic E-state index is 12.8. The second-order valence-corrected chi connectivity index (χ2v) is 10.5. The summed E-state index contributed by atoms with van der Waals surface area (Å²) < 4.78 is 34.9. The number of hydrogen-bond donors (Lipinski definition) is 0. The van der Waals surface area contributed by atoms with Gasteiger partial charge in [-0.15, -0.1) is 0 Å². The molecule has 3 aliphatic rings. The van der Waals surface area contributed by atoms with Gasteiger partial charge in [-0.3, -0.25) is 4.79 Å². The van der Waals surface area contributed by atoms with E-state index >= 15 is 0 Å². The van der Waals surface area contributed by atoms with E-state index in [1.807, 2.05) is 35.2 Å². The third kappa shape index (κ3) is 3.60. The molecule has 29 heavy (non-hydrogen) atoms. The number of ether oxygens (including phenoxy) is 2. The smallest absolute Gasteiger partial charge is 0.279 e. The lowest BCUT2D eigenvalue weighted by Crippen LogP contribution is -2.37. The summed E-state index contributed by atoms with van der Waals surface area (Å²) in [4.78, 5) is 19.1. The Bertz CT molecular complexity index is 1100. The van der Waals surface area contributed by atoms with Crippen LogP contribution in [0.3, 0.4) is 0 Å². The average molecular weight is 431 g/mol. The molecule has 0 aliphatic carbocycles. The fourth-order valence-electron chi connectivity index (χ4n) is 3.78. The molecule has 5 rings (SSSR count). The lowest BCUT2D eigenvalue weighted by molar-refractivity contribution is 0.100. The van der Waals surface area contributed by atoms with Crippen molar-refractivity contribution in [1.29, 1.82) is 0 Å². The van der Waals surface area contributed by atoms with E-state index in [1.54, 1.807) is 18.2 Å². The van der Waals surface area contributed by atoms with Crippen LogP contribution in [0.5, 0.6) is 11.5 Å². The van der Waals surface area contributed by atoms with Crippen LogP contribution in [-0.4, -0.2) is 54.0 Å². The Hall–Kier alpha value is -2.52. The number of amides is 1. The zero-order chi connectivity index (χ0) is 20.0. The van der Waals surface area contributed by atoms with Crippen molar-refractivity contribution in [3.8, 4) is 11.5 Å². The summed E-state index contributed by atoms with van der Waals surface area (Å²) >= 11 is 1.38. The molecule has 0 bridgehead atoms. The molecule has 2 aromatic rings. The van der Waals surface area contributed by atoms with E-state index in [4.69, 9.17) is 9.47 Å². The Labute approximate surface area is 172 Å². The molecule has 150 valence electrons. The van der Waals surface area contributed by atoms with E-state index in [0.717, 1.165) is 5.56 Å². The summed E-state index contributed by atoms with van der Waals surface area (Å²) in [5.41, 5.74) is 1.45. The lowest BCUT2D eigenvalue weighted by Gasteiger charge is -2.24. The zero-order valence-corrected chi connectivity index (χ0v) is 17.0. The van der Waals surface area contributed by atoms with E-state index in [9.17, 15) is 13.2 Å². The van der Waals surface area contributed by atoms with E-state index in [-0.39, 0.29) is 35.5 Å². The number of carbonyl (C=O) groups is 1. The van der Waals surface area contributed by atoms with Gasteiger partial charge in [0.2, 0.25) is 6.79 Å². The van der Waals surface area contributed by atoms with Crippen LogP contribution in [0.4, 0.5) is 0 Å². The number of amidine groups is 1. The molecule has 7 nitrogen and oxygen atoms in total. The van der Waals surface area contributed by atoms with Gasteiger partial charge in [-0.2, -0.15) is 4.99 Å². The van der Waals surface area contributed by atoms with Crippen molar-refractivity contribution in [2.45, 2.75) is 17.8 Å². The van der Waals surface area contributed by atoms with Crippen LogP contribution in [0.2, 0.25) is 0 Å². The molecular weight excluding hydrogens is 412 g/mol. The summed E-state index contributed by atoms with van der Waals surface area (Å²) in [6.45, 7) is 0.651. The number of thioether (sulfide) groups is 1. The molecule has 0 radical (unpaired) electrons. The van der Waals surface area contributed by atoms with E-state index < -0.39 is 9.84 Å². The molecule has 1 amide bonds. The van der Waals surface area contributed by atoms with Gasteiger partial charge in [-0.1, -0.05) is 42.1 Å². The van der Waals surface area contributed by atoms with Gasteiger partial charge in [-0.25, -0.2) is 8.42 Å². The quantitative estimate of drug-likeness (QED) is 0.739. The predicted molar refractivity (Wildman–Crippen MR) is 110 cm³/mol. The molecule has 0 saturated carbocycles. The number of fused-ring (bicyclic) bond motifs is 2. The molecule has 0 aromatic heterocycles. The summed E-state index contributed by atoms with van der Waals surface area (Å²) in [5, 5.41) is 0.466. The molecule has 2 atom stereocenters. The van der Waals surface area contributed by atoms with Crippen molar-refractivity contribution in [2.24, 2.45) is 4.99 Å². The Morgan fingerprint density at radius 1 is 1.10 bits per heavy atom. The molecule has 2 aromatic carbocycles. The van der Waals surface area contributed by atoms with Crippen molar-refractivity contribution in [3.63, 3.8) is 0 Å². The number of nitrogens with zero attached hydrogens (tertiary/aromatic N) is 2. The standard InChI is InChI=1S/C20H18N2O5S2/c23-19(14-6-7-16-17(8-14)27-12-26-16)21-20-22(9-13-4-2-1-3-5-13)15-10-29(24,25)11-18(15)28-20/h1-8,15,18H,9-12H2. The first kappa shape index (κ1) is 18.5. The lowest BCUT2D eigenvalue weighted by atomic mass is 10.1. The topological polar surface area (TPSA) is 85.3 Å². The Morgan fingerprint density at radius 3 is 2.72 bits per heavy atom. The predicted octanol–water partition coefficient (Wildman–Crippen LogP) is 2.33. The van der Waals surface area contributed by atoms with E-state index in [2.05, 4.69) is 4.99 Å². The average Bonchev–Trinajstić information content (AvgIpc) is 3.36. The summed E-state index contributed by atoms with van der Waals surface area (Å²) in [5.74, 6) is 0.959. The minimum absolute atomic E-state index is 0.0920. The molecule has 0 spiro atoms. The van der Waals surface area contributed by atoms with Crippen LogP contribution in [0.25, 0.3) is 0 Å². The number of aliphatic imine (C=N–C) groups is 1. The Kier molecular flexibility index (Phi) is 4.51. The van der Waals surface area contributed by atoms with Crippen LogP contribution >= 0.6 is 11.8 Å². The minimum atomic E-state index is -3.07. The number of hydrogen-bond acceptors (Lipinski definition) is 6. The molecule has 2 unspecified atom stereocenters. The number of benzene rings is 2. The molecule has 2 saturated heterocycles. The maximum atomic E-state index is 12.8. The van der Waals surface area contributed by atoms with Gasteiger partial charge in [-0.05, 0) is 23.8 Å². The van der Waals surface area contributed by atoms with Crippen molar-refractivity contribution in [2.75, 3.05) is 18.3 Å². The molecular formula is C20H18N2O5S2. The van der Waals surface area contributed by atoms with Crippen molar-refractivity contribution < 1.29 is 22.7 Å². The van der Waals surface area contributed by atoms with Gasteiger partial charge in [0, 0.05) is 17.4 Å². The summed E-state index contributed by atoms with van der Waals surface area (Å²) in [7, 11) is -3.07. The second kappa shape index (κ2) is 7.07. The monoisotopic (exact) mass is 430 g/mol. The van der Waals surface area contributed by atoms with Crippen LogP contribution < -0.4 is 9.47 Å². The first-order valence-electron chi connectivity index (χ1n) is 9.19. The van der Waals surface area contributed by atoms with Gasteiger partial charge >= 0.3 is 0 Å². The van der Waals surface area contributed by atoms with E-state index in [1.165, 1.54) is 11.8 Å². The Balaban J connectivity index is 1.45. The first-order chi connectivity index (χ1) is 14.0. The molecule has 3 heterocycles. The molecule has 0 N–H and O–H groups in total. The van der Waals surface area contributed by atoms with Gasteiger partial charge < -0.3 is 14.4 Å². The van der Waals surface area contributed by atoms with Gasteiger partial charge in [0.05, 0.1) is 17.5 Å². The normalized spacial score (nSPS) is 25.4. The third-order valence-electron chi connectivity index (χ3n) is 5.19. The zero-order valence-electron chi connectivity index (χ0n) is 15.4. The highest BCUT2D eigenvalue weighted by Crippen LogP contribution is 2.39. The summed E-state index contributed by atoms with van der Waals surface area (Å²) in [6.07, 6.45) is 0. The van der Waals surface area contributed by atoms with E-state index in [0.29, 0.717) is 28.8 Å². The number of sulfone groups is 1. The van der Waals surface area contributed by atoms with Crippen molar-refractivity contribution >= 4 is 32.7 Å². The molecule has 3 aliphatic heterocycles. The Morgan fingerprint density at radius 2 is 1.90 bits per heavy atom. The highest BCUT2D eigenvalue weighted by molar-refractivity contribution is 8.15. The summed E-state index contributed by atoms with van der Waals surface area (Å²) in [6, 6.07) is 14.6. The second-order valence-electron chi connectivity index (χ2n) is 7.18. The van der Waals surface area contributed by atoms with Crippen LogP contribution in [0.15, 0.2) is 53.5 Å². The fraction of sp³-hybridized carbons (Fsp3) is 0.300. The van der Waals surface area contributed by atoms with Crippen molar-refractivity contribution in [1.82, 2.24) is 4.90 Å². The van der Waals surface area contributed by atoms with Gasteiger partial charge in [0.15, 0.2) is 26.5 Å². The fourth-order valence-corrected chi connectivity index (χ4v) is 7.73. The van der Waals surface area contributed by atoms with Crippen molar-refractivity contribution in [3.05, 3.63) is 59.7 Å². The van der Waals surface area contributed by atoms with Gasteiger partial charge in [0.25, 0.3) is 5.91 Å². The number of rotatable bonds is 3. The minimum Gasteiger partial charge on any atom is -0.454 e. The van der Waals surface area contributed by atoms with Crippen LogP contribution in [-0.2, 0) is 16.4 Å². The molecule has 2 fully saturated rings. The highest BCUT2D eigenvalue weighted by atomic mass is 32.2. The SMILES string of the molecule is O=C(N=C1SC2CS(=O)(=O)CC2N1Cc1ccccc1)c1ccc2c(c1)OCO2. The maximum Gasteiger partial charge on any atom is 0.279 e. The molecule has 9 heteroatoms. The van der Waals surface area contributed by atoms with Crippen LogP contribution in [0.1, 0.15) is 15.9 Å². The van der Waals surface area contributed by atoms with Gasteiger partial charge in [0.1, 0.15) is 0 Å².